The highest BCUT2D eigenvalue weighted by Gasteiger charge is 2.09. The van der Waals surface area contributed by atoms with E-state index in [1.54, 1.807) is 19.2 Å². The Hall–Kier alpha value is -1.69. The van der Waals surface area contributed by atoms with Crippen LogP contribution in [0.3, 0.4) is 0 Å². The van der Waals surface area contributed by atoms with E-state index >= 15 is 0 Å². The summed E-state index contributed by atoms with van der Waals surface area (Å²) in [7, 11) is 1.55. The lowest BCUT2D eigenvalue weighted by Crippen LogP contribution is -2.32. The summed E-state index contributed by atoms with van der Waals surface area (Å²) in [5.74, 6) is -0.0297. The minimum Gasteiger partial charge on any atom is -0.435 e. The average molecular weight is 258 g/mol. The SMILES string of the molecule is CNC(=O)CNC(C)c1cccc(OC(F)F)c1. The largest absolute Gasteiger partial charge is 0.435 e. The molecule has 0 saturated carbocycles. The van der Waals surface area contributed by atoms with Crippen LogP contribution in [0, 0.1) is 0 Å². The molecule has 0 aliphatic rings. The van der Waals surface area contributed by atoms with Gasteiger partial charge in [-0.2, -0.15) is 8.78 Å². The third-order valence-electron chi connectivity index (χ3n) is 2.43. The van der Waals surface area contributed by atoms with Gasteiger partial charge in [-0.15, -0.1) is 0 Å². The molecular weight excluding hydrogens is 242 g/mol. The summed E-state index contributed by atoms with van der Waals surface area (Å²) in [5.41, 5.74) is 0.775. The molecule has 1 atom stereocenters. The highest BCUT2D eigenvalue weighted by atomic mass is 19.3. The Bertz CT molecular complexity index is 399. The van der Waals surface area contributed by atoms with Crippen LogP contribution in [0.15, 0.2) is 24.3 Å². The molecule has 2 N–H and O–H groups in total. The van der Waals surface area contributed by atoms with E-state index in [4.69, 9.17) is 0 Å². The number of likely N-dealkylation sites (N-methyl/N-ethyl adjacent to an activating group) is 1. The minimum atomic E-state index is -2.84. The Kier molecular flexibility index (Phi) is 5.51. The van der Waals surface area contributed by atoms with Crippen LogP contribution in [0.1, 0.15) is 18.5 Å². The molecule has 0 fully saturated rings. The Morgan fingerprint density at radius 3 is 2.78 bits per heavy atom. The minimum absolute atomic E-state index is 0.107. The second-order valence-electron chi connectivity index (χ2n) is 3.73. The normalized spacial score (nSPS) is 12.3. The van der Waals surface area contributed by atoms with Crippen LogP contribution in [-0.4, -0.2) is 26.1 Å². The standard InChI is InChI=1S/C12H16F2N2O2/c1-8(16-7-11(17)15-2)9-4-3-5-10(6-9)18-12(13)14/h3-6,8,12,16H,7H2,1-2H3,(H,15,17). The monoisotopic (exact) mass is 258 g/mol. The van der Waals surface area contributed by atoms with Crippen molar-refractivity contribution in [1.82, 2.24) is 10.6 Å². The molecule has 1 rings (SSSR count). The van der Waals surface area contributed by atoms with Gasteiger partial charge in [-0.1, -0.05) is 12.1 Å². The number of ether oxygens (including phenoxy) is 1. The Balaban J connectivity index is 2.62. The van der Waals surface area contributed by atoms with Gasteiger partial charge in [0.2, 0.25) is 5.91 Å². The third kappa shape index (κ3) is 4.67. The molecule has 100 valence electrons. The average Bonchev–Trinajstić information content (AvgIpc) is 2.35. The first kappa shape index (κ1) is 14.4. The molecule has 1 unspecified atom stereocenters. The summed E-state index contributed by atoms with van der Waals surface area (Å²) in [4.78, 5) is 11.1. The highest BCUT2D eigenvalue weighted by molar-refractivity contribution is 5.77. The predicted molar refractivity (Wildman–Crippen MR) is 63.6 cm³/mol. The summed E-state index contributed by atoms with van der Waals surface area (Å²) in [6, 6.07) is 6.25. The van der Waals surface area contributed by atoms with Crippen molar-refractivity contribution in [2.24, 2.45) is 0 Å². The number of alkyl halides is 2. The number of benzene rings is 1. The van der Waals surface area contributed by atoms with E-state index in [-0.39, 0.29) is 24.2 Å². The van der Waals surface area contributed by atoms with Gasteiger partial charge in [0.05, 0.1) is 6.54 Å². The van der Waals surface area contributed by atoms with Gasteiger partial charge in [0, 0.05) is 13.1 Å². The molecule has 0 aromatic heterocycles. The molecule has 4 nitrogen and oxygen atoms in total. The zero-order valence-electron chi connectivity index (χ0n) is 10.2. The molecule has 0 aliphatic heterocycles. The molecule has 18 heavy (non-hydrogen) atoms. The zero-order valence-corrected chi connectivity index (χ0v) is 10.2. The number of carbonyl (C=O) groups excluding carboxylic acids is 1. The molecule has 1 amide bonds. The summed E-state index contributed by atoms with van der Waals surface area (Å²) < 4.78 is 28.4. The molecule has 0 heterocycles. The fourth-order valence-electron chi connectivity index (χ4n) is 1.41. The maximum Gasteiger partial charge on any atom is 0.387 e. The van der Waals surface area contributed by atoms with Crippen molar-refractivity contribution in [3.05, 3.63) is 29.8 Å². The number of carbonyl (C=O) groups is 1. The van der Waals surface area contributed by atoms with Crippen LogP contribution in [0.25, 0.3) is 0 Å². The van der Waals surface area contributed by atoms with Crippen molar-refractivity contribution < 1.29 is 18.3 Å². The Morgan fingerprint density at radius 1 is 1.44 bits per heavy atom. The number of nitrogens with one attached hydrogen (secondary N) is 2. The van der Waals surface area contributed by atoms with Gasteiger partial charge in [-0.05, 0) is 24.6 Å². The summed E-state index contributed by atoms with van der Waals surface area (Å²) in [5, 5.41) is 5.46. The first-order valence-corrected chi connectivity index (χ1v) is 5.51. The van der Waals surface area contributed by atoms with Crippen molar-refractivity contribution in [3.63, 3.8) is 0 Å². The molecular formula is C12H16F2N2O2. The molecule has 0 bridgehead atoms. The van der Waals surface area contributed by atoms with Crippen molar-refractivity contribution >= 4 is 5.91 Å². The number of amides is 1. The predicted octanol–water partition coefficient (Wildman–Crippen LogP) is 1.68. The van der Waals surface area contributed by atoms with Crippen LogP contribution in [0.5, 0.6) is 5.75 Å². The first-order chi connectivity index (χ1) is 8.52. The van der Waals surface area contributed by atoms with Gasteiger partial charge < -0.3 is 15.4 Å². The lowest BCUT2D eigenvalue weighted by Gasteiger charge is -2.14. The van der Waals surface area contributed by atoms with Crippen molar-refractivity contribution in [2.45, 2.75) is 19.6 Å². The number of halogens is 2. The second kappa shape index (κ2) is 6.90. The number of hydrogen-bond donors (Lipinski definition) is 2. The third-order valence-corrected chi connectivity index (χ3v) is 2.43. The first-order valence-electron chi connectivity index (χ1n) is 5.51. The molecule has 0 radical (unpaired) electrons. The quantitative estimate of drug-likeness (QED) is 0.816. The molecule has 6 heteroatoms. The zero-order chi connectivity index (χ0) is 13.5. The Morgan fingerprint density at radius 2 is 2.17 bits per heavy atom. The number of hydrogen-bond acceptors (Lipinski definition) is 3. The van der Waals surface area contributed by atoms with Gasteiger partial charge in [0.1, 0.15) is 5.75 Å². The maximum absolute atomic E-state index is 12.1. The van der Waals surface area contributed by atoms with Gasteiger partial charge in [0.15, 0.2) is 0 Å². The van der Waals surface area contributed by atoms with E-state index < -0.39 is 6.61 Å². The van der Waals surface area contributed by atoms with E-state index in [1.807, 2.05) is 6.92 Å². The van der Waals surface area contributed by atoms with Gasteiger partial charge in [0.25, 0.3) is 0 Å². The molecule has 0 spiro atoms. The van der Waals surface area contributed by atoms with E-state index in [0.717, 1.165) is 5.56 Å². The van der Waals surface area contributed by atoms with Crippen LogP contribution in [0.4, 0.5) is 8.78 Å². The lowest BCUT2D eigenvalue weighted by atomic mass is 10.1. The van der Waals surface area contributed by atoms with Gasteiger partial charge in [-0.25, -0.2) is 0 Å². The fraction of sp³-hybridized carbons (Fsp3) is 0.417. The van der Waals surface area contributed by atoms with E-state index in [0.29, 0.717) is 0 Å². The van der Waals surface area contributed by atoms with Gasteiger partial charge in [-0.3, -0.25) is 4.79 Å². The van der Waals surface area contributed by atoms with E-state index in [1.165, 1.54) is 12.1 Å². The van der Waals surface area contributed by atoms with Crippen LogP contribution < -0.4 is 15.4 Å². The molecule has 1 aromatic carbocycles. The molecule has 1 aromatic rings. The Labute approximate surface area is 104 Å². The second-order valence-corrected chi connectivity index (χ2v) is 3.73. The number of rotatable bonds is 6. The van der Waals surface area contributed by atoms with E-state index in [9.17, 15) is 13.6 Å². The van der Waals surface area contributed by atoms with E-state index in [2.05, 4.69) is 15.4 Å². The summed E-state index contributed by atoms with van der Waals surface area (Å²) in [6.45, 7) is -0.837. The fourth-order valence-corrected chi connectivity index (χ4v) is 1.41. The maximum atomic E-state index is 12.1. The molecule has 0 saturated heterocycles. The highest BCUT2D eigenvalue weighted by Crippen LogP contribution is 2.20. The van der Waals surface area contributed by atoms with Crippen molar-refractivity contribution in [3.8, 4) is 5.75 Å². The van der Waals surface area contributed by atoms with Crippen LogP contribution in [0.2, 0.25) is 0 Å². The topological polar surface area (TPSA) is 50.4 Å². The lowest BCUT2D eigenvalue weighted by molar-refractivity contribution is -0.119. The summed E-state index contributed by atoms with van der Waals surface area (Å²) in [6.07, 6.45) is 0. The summed E-state index contributed by atoms with van der Waals surface area (Å²) >= 11 is 0. The van der Waals surface area contributed by atoms with Crippen molar-refractivity contribution in [1.29, 1.82) is 0 Å². The van der Waals surface area contributed by atoms with Crippen LogP contribution >= 0.6 is 0 Å². The van der Waals surface area contributed by atoms with Crippen molar-refractivity contribution in [2.75, 3.05) is 13.6 Å². The van der Waals surface area contributed by atoms with Crippen LogP contribution in [-0.2, 0) is 4.79 Å². The van der Waals surface area contributed by atoms with Gasteiger partial charge >= 0.3 is 6.61 Å². The molecule has 0 aliphatic carbocycles. The smallest absolute Gasteiger partial charge is 0.387 e.